The summed E-state index contributed by atoms with van der Waals surface area (Å²) in [7, 11) is 0. The number of rotatable bonds is 10. The van der Waals surface area contributed by atoms with Gasteiger partial charge in [-0.1, -0.05) is 44.7 Å². The van der Waals surface area contributed by atoms with Crippen molar-refractivity contribution in [3.05, 3.63) is 42.0 Å². The molecule has 0 atom stereocenters. The van der Waals surface area contributed by atoms with Crippen molar-refractivity contribution in [1.82, 2.24) is 0 Å². The number of ether oxygens (including phenoxy) is 2. The molecule has 37 heavy (non-hydrogen) atoms. The van der Waals surface area contributed by atoms with E-state index in [-0.39, 0.29) is 23.7 Å². The zero-order valence-corrected chi connectivity index (χ0v) is 22.3. The summed E-state index contributed by atoms with van der Waals surface area (Å²) in [4.78, 5) is 0. The Morgan fingerprint density at radius 3 is 2.00 bits per heavy atom. The summed E-state index contributed by atoms with van der Waals surface area (Å²) in [6, 6.07) is 6.80. The summed E-state index contributed by atoms with van der Waals surface area (Å²) >= 11 is 0. The predicted octanol–water partition coefficient (Wildman–Crippen LogP) is 9.89. The van der Waals surface area contributed by atoms with Crippen LogP contribution in [0.4, 0.5) is 17.6 Å². The summed E-state index contributed by atoms with van der Waals surface area (Å²) < 4.78 is 64.6. The number of alkyl halides is 2. The van der Waals surface area contributed by atoms with E-state index in [0.717, 1.165) is 80.8 Å². The molecule has 0 aliphatic heterocycles. The van der Waals surface area contributed by atoms with Gasteiger partial charge in [-0.3, -0.25) is 0 Å². The average Bonchev–Trinajstić information content (AvgIpc) is 2.89. The minimum absolute atomic E-state index is 0.0665. The van der Waals surface area contributed by atoms with Gasteiger partial charge in [0.05, 0.1) is 6.10 Å². The van der Waals surface area contributed by atoms with Crippen LogP contribution in [0, 0.1) is 23.7 Å². The van der Waals surface area contributed by atoms with E-state index in [4.69, 9.17) is 9.47 Å². The van der Waals surface area contributed by atoms with Crippen LogP contribution in [-0.4, -0.2) is 18.8 Å². The Hall–Kier alpha value is -1.56. The van der Waals surface area contributed by atoms with Crippen LogP contribution in [0.2, 0.25) is 0 Å². The number of benzene rings is 1. The maximum Gasteiger partial charge on any atom is 0.421 e. The van der Waals surface area contributed by atoms with Crippen LogP contribution in [0.1, 0.15) is 108 Å². The Bertz CT molecular complexity index is 827. The van der Waals surface area contributed by atoms with E-state index in [9.17, 15) is 17.6 Å². The van der Waals surface area contributed by atoms with Gasteiger partial charge in [-0.05, 0) is 118 Å². The highest BCUT2D eigenvalue weighted by atomic mass is 19.3. The van der Waals surface area contributed by atoms with Gasteiger partial charge < -0.3 is 9.47 Å². The van der Waals surface area contributed by atoms with E-state index in [1.54, 1.807) is 12.1 Å². The first kappa shape index (κ1) is 28.4. The van der Waals surface area contributed by atoms with E-state index in [1.165, 1.54) is 38.5 Å². The molecule has 4 rings (SSSR count). The highest BCUT2D eigenvalue weighted by molar-refractivity contribution is 5.30. The molecular weight excluding hydrogens is 480 g/mol. The Morgan fingerprint density at radius 1 is 0.838 bits per heavy atom. The molecule has 1 aromatic carbocycles. The Kier molecular flexibility index (Phi) is 10.4. The zero-order valence-electron chi connectivity index (χ0n) is 22.3. The molecule has 0 spiro atoms. The Balaban J connectivity index is 1.16. The van der Waals surface area contributed by atoms with Gasteiger partial charge in [0.1, 0.15) is 5.75 Å². The lowest BCUT2D eigenvalue weighted by atomic mass is 9.70. The molecule has 3 aliphatic rings. The third-order valence-electron chi connectivity index (χ3n) is 9.21. The van der Waals surface area contributed by atoms with Crippen molar-refractivity contribution in [3.63, 3.8) is 0 Å². The third kappa shape index (κ3) is 8.73. The van der Waals surface area contributed by atoms with Gasteiger partial charge in [0.15, 0.2) is 6.61 Å². The van der Waals surface area contributed by atoms with Crippen LogP contribution in [-0.2, 0) is 4.74 Å². The van der Waals surface area contributed by atoms with Crippen LogP contribution in [0.25, 0.3) is 0 Å². The van der Waals surface area contributed by atoms with Gasteiger partial charge in [-0.15, -0.1) is 0 Å². The van der Waals surface area contributed by atoms with Crippen molar-refractivity contribution >= 4 is 0 Å². The van der Waals surface area contributed by atoms with Crippen molar-refractivity contribution in [2.75, 3.05) is 6.61 Å². The first-order chi connectivity index (χ1) is 17.8. The fraction of sp³-hybridized carbons (Fsp3) is 0.742. The molecule has 0 N–H and O–H groups in total. The minimum Gasteiger partial charge on any atom is -0.431 e. The number of hydrogen-bond acceptors (Lipinski definition) is 2. The first-order valence-electron chi connectivity index (χ1n) is 14.6. The molecule has 1 aromatic rings. The molecule has 0 amide bonds. The van der Waals surface area contributed by atoms with Crippen molar-refractivity contribution < 1.29 is 27.0 Å². The molecule has 2 nitrogen and oxygen atoms in total. The summed E-state index contributed by atoms with van der Waals surface area (Å²) in [5.41, 5.74) is 1.05. The first-order valence-corrected chi connectivity index (χ1v) is 14.6. The molecule has 0 bridgehead atoms. The molecule has 0 aromatic heterocycles. The highest BCUT2D eigenvalue weighted by Crippen LogP contribution is 2.42. The molecule has 0 unspecified atom stereocenters. The summed E-state index contributed by atoms with van der Waals surface area (Å²) in [5, 5.41) is 0. The number of allylic oxidation sites excluding steroid dienone is 1. The molecule has 3 saturated carbocycles. The van der Waals surface area contributed by atoms with Gasteiger partial charge in [0, 0.05) is 0 Å². The molecule has 208 valence electrons. The van der Waals surface area contributed by atoms with E-state index in [1.807, 2.05) is 12.1 Å². The van der Waals surface area contributed by atoms with Gasteiger partial charge in [0.2, 0.25) is 0 Å². The predicted molar refractivity (Wildman–Crippen MR) is 139 cm³/mol. The smallest absolute Gasteiger partial charge is 0.421 e. The van der Waals surface area contributed by atoms with Crippen LogP contribution in [0.3, 0.4) is 0 Å². The summed E-state index contributed by atoms with van der Waals surface area (Å²) in [6.07, 6.45) is 11.0. The van der Waals surface area contributed by atoms with Gasteiger partial charge >= 0.3 is 6.11 Å². The van der Waals surface area contributed by atoms with Crippen molar-refractivity contribution in [3.8, 4) is 5.75 Å². The lowest BCUT2D eigenvalue weighted by Gasteiger charge is -2.38. The fourth-order valence-electron chi connectivity index (χ4n) is 7.11. The zero-order chi connectivity index (χ0) is 26.3. The van der Waals surface area contributed by atoms with Crippen LogP contribution in [0.15, 0.2) is 36.4 Å². The summed E-state index contributed by atoms with van der Waals surface area (Å²) in [6.45, 7) is 1.54. The minimum atomic E-state index is -3.38. The quantitative estimate of drug-likeness (QED) is 0.284. The third-order valence-corrected chi connectivity index (χ3v) is 9.21. The van der Waals surface area contributed by atoms with E-state index in [2.05, 4.69) is 6.92 Å². The van der Waals surface area contributed by atoms with E-state index >= 15 is 0 Å². The molecule has 0 saturated heterocycles. The molecule has 0 heterocycles. The van der Waals surface area contributed by atoms with Crippen molar-refractivity contribution in [1.29, 1.82) is 0 Å². The molecule has 6 heteroatoms. The molecule has 0 radical (unpaired) electrons. The average molecular weight is 525 g/mol. The van der Waals surface area contributed by atoms with Gasteiger partial charge in [0.25, 0.3) is 6.08 Å². The largest absolute Gasteiger partial charge is 0.431 e. The second-order valence-corrected chi connectivity index (χ2v) is 11.8. The van der Waals surface area contributed by atoms with E-state index in [0.29, 0.717) is 0 Å². The van der Waals surface area contributed by atoms with Crippen LogP contribution >= 0.6 is 0 Å². The highest BCUT2D eigenvalue weighted by Gasteiger charge is 2.36. The van der Waals surface area contributed by atoms with Gasteiger partial charge in [-0.25, -0.2) is 0 Å². The molecular formula is C31H44F4O2. The topological polar surface area (TPSA) is 18.5 Å². The molecule has 3 aliphatic carbocycles. The van der Waals surface area contributed by atoms with Crippen LogP contribution < -0.4 is 4.74 Å². The van der Waals surface area contributed by atoms with E-state index < -0.39 is 18.8 Å². The van der Waals surface area contributed by atoms with Gasteiger partial charge in [-0.2, -0.15) is 17.6 Å². The second-order valence-electron chi connectivity index (χ2n) is 11.8. The lowest BCUT2D eigenvalue weighted by molar-refractivity contribution is -0.222. The maximum atomic E-state index is 14.5. The normalized spacial score (nSPS) is 31.1. The standard InChI is InChI=1S/C31H44F4O2/c1-2-3-22-4-8-24(9-5-22)26-12-16-28(17-13-26)36-21-31(34,35)37-29-18-14-27(15-19-29)25-10-6-23(7-11-25)20-30(32)33/h14-15,18-20,22-26,28H,2-13,16-17,21H2,1H3. The molecule has 3 fully saturated rings. The summed E-state index contributed by atoms with van der Waals surface area (Å²) in [5.74, 6) is 2.78. The monoisotopic (exact) mass is 524 g/mol. The number of halogens is 4. The van der Waals surface area contributed by atoms with Crippen molar-refractivity contribution in [2.24, 2.45) is 23.7 Å². The second kappa shape index (κ2) is 13.5. The SMILES string of the molecule is CCCC1CCC(C2CCC(OCC(F)(F)Oc3ccc(C4CCC(C=C(F)F)CC4)cc3)CC2)CC1. The lowest BCUT2D eigenvalue weighted by Crippen LogP contribution is -2.35. The van der Waals surface area contributed by atoms with Crippen LogP contribution in [0.5, 0.6) is 5.75 Å². The number of hydrogen-bond donors (Lipinski definition) is 0. The van der Waals surface area contributed by atoms with Crippen molar-refractivity contribution in [2.45, 2.75) is 115 Å². The Labute approximate surface area is 220 Å². The maximum absolute atomic E-state index is 14.5. The Morgan fingerprint density at radius 2 is 1.43 bits per heavy atom. The fourth-order valence-corrected chi connectivity index (χ4v) is 7.11.